The first-order chi connectivity index (χ1) is 37.4. The van der Waals surface area contributed by atoms with Crippen molar-refractivity contribution in [3.05, 3.63) is 129 Å². The van der Waals surface area contributed by atoms with E-state index in [0.717, 1.165) is 94.3 Å². The van der Waals surface area contributed by atoms with Gasteiger partial charge in [-0.3, -0.25) is 29.7 Å². The molecule has 18 nitrogen and oxygen atoms in total. The summed E-state index contributed by atoms with van der Waals surface area (Å²) >= 11 is 0. The van der Waals surface area contributed by atoms with Crippen molar-refractivity contribution in [2.75, 3.05) is 56.6 Å². The highest BCUT2D eigenvalue weighted by Gasteiger charge is 2.50. The molecule has 2 aliphatic heterocycles. The van der Waals surface area contributed by atoms with Crippen LogP contribution in [0, 0.1) is 27.3 Å². The number of aromatic nitrogens is 4. The fourth-order valence-corrected chi connectivity index (χ4v) is 13.4. The van der Waals surface area contributed by atoms with E-state index >= 15 is 0 Å². The zero-order valence-corrected chi connectivity index (χ0v) is 45.5. The number of sulfonamides is 1. The lowest BCUT2D eigenvalue weighted by Crippen LogP contribution is -2.60. The summed E-state index contributed by atoms with van der Waals surface area (Å²) in [5.41, 5.74) is 4.81. The van der Waals surface area contributed by atoms with Crippen LogP contribution in [0.1, 0.15) is 136 Å². The Kier molecular flexibility index (Phi) is 14.7. The molecule has 4 N–H and O–H groups in total. The predicted molar refractivity (Wildman–Crippen MR) is 294 cm³/mol. The minimum Gasteiger partial charge on any atom is -0.496 e. The number of nitro groups is 1. The summed E-state index contributed by atoms with van der Waals surface area (Å²) in [5, 5.41) is 25.7. The Morgan fingerprint density at radius 1 is 0.936 bits per heavy atom. The van der Waals surface area contributed by atoms with Gasteiger partial charge in [-0.05, 0) is 124 Å². The summed E-state index contributed by atoms with van der Waals surface area (Å²) in [6.45, 7) is 11.8. The molecule has 20 heteroatoms. The summed E-state index contributed by atoms with van der Waals surface area (Å²) in [6, 6.07) is 19.0. The topological polar surface area (TPSA) is 221 Å². The lowest BCUT2D eigenvalue weighted by atomic mass is 9.59. The Bertz CT molecular complexity index is 3320. The van der Waals surface area contributed by atoms with Gasteiger partial charge in [-0.1, -0.05) is 38.1 Å². The van der Waals surface area contributed by atoms with Crippen LogP contribution >= 0.6 is 0 Å². The van der Waals surface area contributed by atoms with Crippen molar-refractivity contribution in [3.63, 3.8) is 0 Å². The van der Waals surface area contributed by atoms with E-state index in [1.165, 1.54) is 54.1 Å². The highest BCUT2D eigenvalue weighted by Crippen LogP contribution is 2.54. The normalized spacial score (nSPS) is 22.1. The second-order valence-corrected chi connectivity index (χ2v) is 24.7. The molecule has 78 heavy (non-hydrogen) atoms. The number of pyridine rings is 3. The van der Waals surface area contributed by atoms with Crippen molar-refractivity contribution < 1.29 is 37.1 Å². The molecule has 0 bridgehead atoms. The molecule has 5 aliphatic rings. The third kappa shape index (κ3) is 11.3. The Morgan fingerprint density at radius 3 is 2.44 bits per heavy atom. The lowest BCUT2D eigenvalue weighted by molar-refractivity contribution is -0.384. The molecular weight excluding hydrogens is 1020 g/mol. The molecule has 0 unspecified atom stereocenters. The second-order valence-electron chi connectivity index (χ2n) is 23.1. The number of methoxy groups -OCH3 is 1. The first-order valence-corrected chi connectivity index (χ1v) is 28.9. The molecule has 3 aliphatic carbocycles. The molecule has 11 rings (SSSR count). The van der Waals surface area contributed by atoms with E-state index < -0.39 is 42.9 Å². The van der Waals surface area contributed by atoms with Gasteiger partial charge in [-0.2, -0.15) is 0 Å². The van der Waals surface area contributed by atoms with Gasteiger partial charge in [0.25, 0.3) is 15.9 Å². The van der Waals surface area contributed by atoms with Crippen molar-refractivity contribution in [2.24, 2.45) is 11.3 Å². The summed E-state index contributed by atoms with van der Waals surface area (Å²) in [7, 11) is -2.96. The van der Waals surface area contributed by atoms with Gasteiger partial charge in [0.2, 0.25) is 5.82 Å². The van der Waals surface area contributed by atoms with Gasteiger partial charge < -0.3 is 29.8 Å². The predicted octanol–water partition coefficient (Wildman–Crippen LogP) is 9.98. The summed E-state index contributed by atoms with van der Waals surface area (Å²) in [6.07, 6.45) is 14.7. The minimum atomic E-state index is -4.71. The molecule has 1 amide bonds. The summed E-state index contributed by atoms with van der Waals surface area (Å²) in [4.78, 5) is 48.7. The number of amides is 1. The maximum Gasteiger partial charge on any atom is 0.312 e. The van der Waals surface area contributed by atoms with E-state index in [1.54, 1.807) is 26.2 Å². The molecule has 2 saturated heterocycles. The van der Waals surface area contributed by atoms with Gasteiger partial charge >= 0.3 is 5.69 Å². The number of halogens is 1. The van der Waals surface area contributed by atoms with Gasteiger partial charge in [0, 0.05) is 99.7 Å². The monoisotopic (exact) mass is 1080 g/mol. The number of aliphatic hydroxyl groups is 1. The van der Waals surface area contributed by atoms with Gasteiger partial charge in [0.15, 0.2) is 0 Å². The van der Waals surface area contributed by atoms with Crippen molar-refractivity contribution in [3.8, 4) is 17.2 Å². The number of nitrogens with one attached hydrogen (secondary N) is 3. The van der Waals surface area contributed by atoms with Gasteiger partial charge in [0.05, 0.1) is 46.7 Å². The van der Waals surface area contributed by atoms with Crippen LogP contribution in [0.5, 0.6) is 17.2 Å². The molecule has 1 spiro atoms. The zero-order chi connectivity index (χ0) is 54.5. The number of anilines is 2. The minimum absolute atomic E-state index is 0.00576. The summed E-state index contributed by atoms with van der Waals surface area (Å²) < 4.78 is 56.6. The number of carbonyl (C=O) groups excluding carboxylic acids is 1. The number of hydrogen-bond donors (Lipinski definition) is 4. The average Bonchev–Trinajstić information content (AvgIpc) is 4.32. The number of piperidine rings is 1. The Hall–Kier alpha value is -6.74. The molecule has 0 radical (unpaired) electrons. The molecule has 4 aromatic heterocycles. The number of ether oxygens (including phenoxy) is 2. The molecular formula is C58H69FN10O8S. The molecule has 412 valence electrons. The van der Waals surface area contributed by atoms with Gasteiger partial charge in [-0.15, -0.1) is 0 Å². The Labute approximate surface area is 454 Å². The molecule has 3 saturated carbocycles. The smallest absolute Gasteiger partial charge is 0.312 e. The van der Waals surface area contributed by atoms with Crippen LogP contribution in [-0.4, -0.2) is 112 Å². The summed E-state index contributed by atoms with van der Waals surface area (Å²) in [5.74, 6) is 0.450. The van der Waals surface area contributed by atoms with E-state index in [2.05, 4.69) is 83.9 Å². The highest BCUT2D eigenvalue weighted by atomic mass is 32.2. The van der Waals surface area contributed by atoms with E-state index in [1.807, 2.05) is 6.20 Å². The quantitative estimate of drug-likeness (QED) is 0.0493. The molecule has 6 heterocycles. The number of H-pyrrole nitrogens is 1. The van der Waals surface area contributed by atoms with Crippen LogP contribution in [0.3, 0.4) is 0 Å². The van der Waals surface area contributed by atoms with E-state index in [0.29, 0.717) is 55.8 Å². The number of aromatic amines is 1. The third-order valence-corrected chi connectivity index (χ3v) is 18.6. The lowest BCUT2D eigenvalue weighted by Gasteiger charge is -2.58. The maximum atomic E-state index is 14.8. The first-order valence-electron chi connectivity index (χ1n) is 27.4. The molecule has 6 aromatic rings. The zero-order valence-electron chi connectivity index (χ0n) is 44.7. The van der Waals surface area contributed by atoms with Crippen LogP contribution in [0.2, 0.25) is 0 Å². The average molecular weight is 1090 g/mol. The maximum absolute atomic E-state index is 14.8. The number of hydrogen-bond acceptors (Lipinski definition) is 15. The van der Waals surface area contributed by atoms with Crippen LogP contribution in [-0.2, 0) is 16.6 Å². The Morgan fingerprint density at radius 2 is 1.71 bits per heavy atom. The highest BCUT2D eigenvalue weighted by molar-refractivity contribution is 7.90. The number of benzene rings is 2. The first kappa shape index (κ1) is 53.3. The standard InChI is InChI=1S/C58H69FN10O8S/c1-36(2)44-7-5-6-8-45(44)51-35-66(34-39-23-52(76-4)48(32-60-39)38-9-10-38)21-22-68(51)41-27-58(28-41)17-19-67(20-18-58)40-11-12-46(53(24-40)77-42-25-47-49(59)33-64-54(47)62-30-42)56(70)65-78(74,75)43-26-50(69(72)73)55(63-31-43)61-29-37-13-15-57(3,71)16-14-37/h5-8,11-12,23-26,30-33,36-38,41,51,71H,9-10,13-22,27-29,34-35H2,1-4H3,(H,61,63)(H,62,64)(H,65,70)/t37?,51-,57?/m0/s1. The van der Waals surface area contributed by atoms with Crippen LogP contribution in [0.15, 0.2) is 90.3 Å². The molecule has 2 aromatic carbocycles. The fourth-order valence-electron chi connectivity index (χ4n) is 12.5. The molecule has 5 fully saturated rings. The van der Waals surface area contributed by atoms with Crippen molar-refractivity contribution >= 4 is 44.2 Å². The van der Waals surface area contributed by atoms with Crippen molar-refractivity contribution in [2.45, 2.75) is 126 Å². The van der Waals surface area contributed by atoms with Gasteiger partial charge in [-0.25, -0.2) is 27.5 Å². The van der Waals surface area contributed by atoms with Crippen molar-refractivity contribution in [1.82, 2.24) is 34.5 Å². The largest absolute Gasteiger partial charge is 0.496 e. The van der Waals surface area contributed by atoms with E-state index in [-0.39, 0.29) is 45.6 Å². The fraction of sp³-hybridized carbons (Fsp3) is 0.483. The number of nitrogens with zero attached hydrogens (tertiary/aromatic N) is 7. The van der Waals surface area contributed by atoms with Crippen LogP contribution < -0.4 is 24.4 Å². The molecule has 1 atom stereocenters. The third-order valence-electron chi connectivity index (χ3n) is 17.3. The van der Waals surface area contributed by atoms with Crippen molar-refractivity contribution in [1.29, 1.82) is 0 Å². The van der Waals surface area contributed by atoms with Gasteiger partial charge in [0.1, 0.15) is 33.6 Å². The van der Waals surface area contributed by atoms with E-state index in [9.17, 15) is 32.8 Å². The second kappa shape index (κ2) is 21.5. The number of carbonyl (C=O) groups is 1. The Balaban J connectivity index is 0.782. The van der Waals surface area contributed by atoms with Crippen LogP contribution in [0.4, 0.5) is 21.6 Å². The van der Waals surface area contributed by atoms with Crippen LogP contribution in [0.25, 0.3) is 11.0 Å². The number of rotatable bonds is 17. The van der Waals surface area contributed by atoms with E-state index in [4.69, 9.17) is 14.5 Å². The number of piperazine rings is 1. The number of fused-ring (bicyclic) bond motifs is 1. The SMILES string of the molecule is COc1cc(CN2CCN(C3CC4(CCN(c5ccc(C(=O)NS(=O)(=O)c6cnc(NCC7CCC(C)(O)CC7)c([N+](=O)[O-])c6)c(Oc6cnc7[nH]cc(F)c7c6)c5)CC4)C3)[C@H](c3ccccc3C(C)C)C2)ncc1C1CC1.